The first kappa shape index (κ1) is 13.0. The number of likely N-dealkylation sites (tertiary alicyclic amines) is 1. The lowest BCUT2D eigenvalue weighted by Gasteiger charge is -2.56. The number of ether oxygens (including phenoxy) is 2. The summed E-state index contributed by atoms with van der Waals surface area (Å²) in [5.74, 6) is 2.09. The Balaban J connectivity index is 1.82. The molecule has 0 radical (unpaired) electrons. The Hall–Kier alpha value is -1.52. The molecule has 22 heavy (non-hydrogen) atoms. The van der Waals surface area contributed by atoms with E-state index in [4.69, 9.17) is 9.47 Å². The molecule has 4 nitrogen and oxygen atoms in total. The van der Waals surface area contributed by atoms with Gasteiger partial charge in [0.15, 0.2) is 11.5 Å². The van der Waals surface area contributed by atoms with Crippen molar-refractivity contribution in [3.8, 4) is 11.5 Å². The maximum atomic E-state index is 10.6. The second kappa shape index (κ2) is 4.06. The van der Waals surface area contributed by atoms with Gasteiger partial charge in [-0.15, -0.1) is 0 Å². The molecule has 1 aromatic carbocycles. The molecular formula is C18H21NO3. The van der Waals surface area contributed by atoms with Crippen molar-refractivity contribution in [2.75, 3.05) is 20.7 Å². The fourth-order valence-electron chi connectivity index (χ4n) is 5.39. The number of benzene rings is 1. The van der Waals surface area contributed by atoms with Gasteiger partial charge in [-0.1, -0.05) is 18.2 Å². The third-order valence-corrected chi connectivity index (χ3v) is 6.35. The Morgan fingerprint density at radius 2 is 2.23 bits per heavy atom. The van der Waals surface area contributed by atoms with Crippen molar-refractivity contribution in [3.63, 3.8) is 0 Å². The molecule has 116 valence electrons. The van der Waals surface area contributed by atoms with Crippen LogP contribution in [0.25, 0.3) is 0 Å². The summed E-state index contributed by atoms with van der Waals surface area (Å²) in [7, 11) is 3.91. The molecule has 2 heterocycles. The third kappa shape index (κ3) is 1.28. The maximum absolute atomic E-state index is 10.6. The fourth-order valence-corrected chi connectivity index (χ4v) is 5.39. The predicted octanol–water partition coefficient (Wildman–Crippen LogP) is 1.50. The van der Waals surface area contributed by atoms with E-state index in [0.717, 1.165) is 30.9 Å². The zero-order chi connectivity index (χ0) is 15.1. The van der Waals surface area contributed by atoms with Crippen LogP contribution in [0.2, 0.25) is 0 Å². The highest BCUT2D eigenvalue weighted by Gasteiger charge is 2.64. The first-order valence-corrected chi connectivity index (χ1v) is 8.10. The third-order valence-electron chi connectivity index (χ3n) is 6.35. The quantitative estimate of drug-likeness (QED) is 0.798. The van der Waals surface area contributed by atoms with Gasteiger partial charge >= 0.3 is 0 Å². The van der Waals surface area contributed by atoms with Crippen LogP contribution in [0.1, 0.15) is 17.5 Å². The zero-order valence-corrected chi connectivity index (χ0v) is 13.0. The van der Waals surface area contributed by atoms with Crippen LogP contribution in [0.5, 0.6) is 11.5 Å². The zero-order valence-electron chi connectivity index (χ0n) is 13.0. The van der Waals surface area contributed by atoms with Gasteiger partial charge in [0.2, 0.25) is 0 Å². The van der Waals surface area contributed by atoms with E-state index in [-0.39, 0.29) is 11.5 Å². The number of rotatable bonds is 1. The topological polar surface area (TPSA) is 41.9 Å². The van der Waals surface area contributed by atoms with Crippen molar-refractivity contribution in [3.05, 3.63) is 35.4 Å². The minimum absolute atomic E-state index is 0.0806. The van der Waals surface area contributed by atoms with Gasteiger partial charge in [0.25, 0.3) is 0 Å². The first-order chi connectivity index (χ1) is 10.7. The number of aliphatic hydroxyl groups excluding tert-OH is 1. The highest BCUT2D eigenvalue weighted by atomic mass is 16.5. The van der Waals surface area contributed by atoms with Gasteiger partial charge in [-0.05, 0) is 38.1 Å². The van der Waals surface area contributed by atoms with E-state index < -0.39 is 6.10 Å². The lowest BCUT2D eigenvalue weighted by molar-refractivity contribution is -0.0453. The Labute approximate surface area is 130 Å². The number of likely N-dealkylation sites (N-methyl/N-ethyl adjacent to an activating group) is 1. The van der Waals surface area contributed by atoms with Gasteiger partial charge in [-0.2, -0.15) is 0 Å². The number of aliphatic hydroxyl groups is 1. The summed E-state index contributed by atoms with van der Waals surface area (Å²) in [6, 6.07) is 4.70. The average molecular weight is 299 g/mol. The highest BCUT2D eigenvalue weighted by Crippen LogP contribution is 2.62. The van der Waals surface area contributed by atoms with Crippen LogP contribution in [0.15, 0.2) is 24.3 Å². The minimum atomic E-state index is -0.539. The fraction of sp³-hybridized carbons (Fsp3) is 0.556. The van der Waals surface area contributed by atoms with Crippen molar-refractivity contribution in [2.24, 2.45) is 5.92 Å². The molecule has 0 aromatic heterocycles. The summed E-state index contributed by atoms with van der Waals surface area (Å²) in [5, 5.41) is 10.6. The van der Waals surface area contributed by atoms with E-state index in [2.05, 4.69) is 24.1 Å². The van der Waals surface area contributed by atoms with Crippen LogP contribution >= 0.6 is 0 Å². The van der Waals surface area contributed by atoms with Crippen molar-refractivity contribution in [1.82, 2.24) is 4.90 Å². The number of hydrogen-bond donors (Lipinski definition) is 1. The molecule has 0 amide bonds. The Bertz CT molecular complexity index is 685. The van der Waals surface area contributed by atoms with Crippen LogP contribution < -0.4 is 9.47 Å². The number of piperidine rings is 1. The van der Waals surface area contributed by atoms with Crippen LogP contribution in [-0.4, -0.2) is 49.0 Å². The molecule has 2 aliphatic heterocycles. The lowest BCUT2D eigenvalue weighted by atomic mass is 9.53. The second-order valence-corrected chi connectivity index (χ2v) is 7.11. The molecule has 2 aliphatic carbocycles. The monoisotopic (exact) mass is 299 g/mol. The summed E-state index contributed by atoms with van der Waals surface area (Å²) in [6.07, 6.45) is 5.54. The van der Waals surface area contributed by atoms with Crippen LogP contribution in [0.4, 0.5) is 0 Å². The van der Waals surface area contributed by atoms with Gasteiger partial charge in [-0.25, -0.2) is 0 Å². The molecule has 4 aliphatic rings. The van der Waals surface area contributed by atoms with Gasteiger partial charge < -0.3 is 19.5 Å². The molecule has 2 bridgehead atoms. The van der Waals surface area contributed by atoms with Crippen molar-refractivity contribution < 1.29 is 14.6 Å². The largest absolute Gasteiger partial charge is 0.493 e. The molecule has 1 aromatic rings. The molecule has 5 atom stereocenters. The lowest BCUT2D eigenvalue weighted by Crippen LogP contribution is -2.64. The predicted molar refractivity (Wildman–Crippen MR) is 82.5 cm³/mol. The minimum Gasteiger partial charge on any atom is -0.493 e. The highest BCUT2D eigenvalue weighted by molar-refractivity contribution is 5.62. The molecule has 5 rings (SSSR count). The SMILES string of the molecule is COc1ccc2c3c1O[C@@H]1[C@@H](O)C=C[C@H]4[C@@H](C2)N(C)CC[C@]314. The summed E-state index contributed by atoms with van der Waals surface area (Å²) in [6.45, 7) is 1.05. The Morgan fingerprint density at radius 1 is 1.36 bits per heavy atom. The van der Waals surface area contributed by atoms with Crippen molar-refractivity contribution >= 4 is 0 Å². The van der Waals surface area contributed by atoms with E-state index in [1.165, 1.54) is 11.1 Å². The second-order valence-electron chi connectivity index (χ2n) is 7.11. The van der Waals surface area contributed by atoms with Crippen molar-refractivity contribution in [1.29, 1.82) is 0 Å². The van der Waals surface area contributed by atoms with Gasteiger partial charge in [-0.3, -0.25) is 0 Å². The Kier molecular flexibility index (Phi) is 2.39. The summed E-state index contributed by atoms with van der Waals surface area (Å²) < 4.78 is 11.8. The molecule has 1 fully saturated rings. The van der Waals surface area contributed by atoms with E-state index in [1.807, 2.05) is 12.1 Å². The van der Waals surface area contributed by atoms with Gasteiger partial charge in [0.05, 0.1) is 7.11 Å². The molecule has 0 saturated carbocycles. The smallest absolute Gasteiger partial charge is 0.165 e. The summed E-state index contributed by atoms with van der Waals surface area (Å²) in [4.78, 5) is 2.47. The van der Waals surface area contributed by atoms with E-state index in [9.17, 15) is 5.11 Å². The van der Waals surface area contributed by atoms with E-state index >= 15 is 0 Å². The van der Waals surface area contributed by atoms with Gasteiger partial charge in [0.1, 0.15) is 12.2 Å². The van der Waals surface area contributed by atoms with Crippen LogP contribution in [0, 0.1) is 5.92 Å². The van der Waals surface area contributed by atoms with E-state index in [1.54, 1.807) is 7.11 Å². The first-order valence-electron chi connectivity index (χ1n) is 8.10. The number of nitrogens with zero attached hydrogens (tertiary/aromatic N) is 1. The summed E-state index contributed by atoms with van der Waals surface area (Å²) in [5.41, 5.74) is 2.60. The van der Waals surface area contributed by atoms with E-state index in [0.29, 0.717) is 12.0 Å². The molecular weight excluding hydrogens is 278 g/mol. The molecule has 4 heteroatoms. The molecule has 1 N–H and O–H groups in total. The average Bonchev–Trinajstić information content (AvgIpc) is 2.88. The Morgan fingerprint density at radius 3 is 3.05 bits per heavy atom. The molecule has 1 spiro atoms. The van der Waals surface area contributed by atoms with Crippen LogP contribution in [0.3, 0.4) is 0 Å². The molecule has 0 unspecified atom stereocenters. The standard InChI is InChI=1S/C18H21NO3/c1-19-8-7-18-11-4-5-13(20)17(18)22-16-14(21-2)6-3-10(15(16)18)9-12(11)19/h3-6,11-13,17,20H,7-9H2,1-2H3/t11-,12+,13-,17+,18-/m0/s1. The van der Waals surface area contributed by atoms with Crippen molar-refractivity contribution in [2.45, 2.75) is 36.5 Å². The number of methoxy groups -OCH3 is 1. The normalized spacial score (nSPS) is 41.0. The van der Waals surface area contributed by atoms with Crippen LogP contribution in [-0.2, 0) is 11.8 Å². The van der Waals surface area contributed by atoms with Gasteiger partial charge in [0, 0.05) is 22.9 Å². The maximum Gasteiger partial charge on any atom is 0.165 e. The molecule has 1 saturated heterocycles. The number of hydrogen-bond acceptors (Lipinski definition) is 4. The summed E-state index contributed by atoms with van der Waals surface area (Å²) >= 11 is 0.